The summed E-state index contributed by atoms with van der Waals surface area (Å²) < 4.78 is 66.6. The predicted octanol–water partition coefficient (Wildman–Crippen LogP) is 1.74. The fourth-order valence-corrected chi connectivity index (χ4v) is 0.927. The van der Waals surface area contributed by atoms with Crippen LogP contribution in [0.1, 0.15) is 20.8 Å². The normalized spacial score (nSPS) is 12.4. The van der Waals surface area contributed by atoms with Gasteiger partial charge in [-0.1, -0.05) is 0 Å². The third-order valence-corrected chi connectivity index (χ3v) is 2.27. The van der Waals surface area contributed by atoms with Crippen molar-refractivity contribution in [3.05, 3.63) is 24.4 Å². The standard InChI is InChI=1S/C10H16NO.CHF3O3S/c1-10(2,3)12-9-7-5-6-8-11(9)4;2-1(3,4)8(5,6)7/h5-8H,1-4H3;(H,5,6,7)/q+1;/p-1. The first-order chi connectivity index (χ1) is 8.74. The van der Waals surface area contributed by atoms with E-state index in [0.29, 0.717) is 0 Å². The van der Waals surface area contributed by atoms with Crippen molar-refractivity contribution in [1.82, 2.24) is 0 Å². The van der Waals surface area contributed by atoms with Crippen LogP contribution in [0.15, 0.2) is 24.4 Å². The number of alkyl halides is 3. The number of hydrogen-bond acceptors (Lipinski definition) is 4. The second-order valence-electron chi connectivity index (χ2n) is 4.76. The molecule has 1 heterocycles. The summed E-state index contributed by atoms with van der Waals surface area (Å²) in [5.41, 5.74) is -5.77. The van der Waals surface area contributed by atoms with Gasteiger partial charge in [-0.25, -0.2) is 8.42 Å². The summed E-state index contributed by atoms with van der Waals surface area (Å²) in [5, 5.41) is 0. The Kier molecular flexibility index (Phi) is 5.97. The van der Waals surface area contributed by atoms with Crippen LogP contribution in [0.5, 0.6) is 5.88 Å². The molecular formula is C11H16F3NO4S. The summed E-state index contributed by atoms with van der Waals surface area (Å²) in [7, 11) is -4.12. The fourth-order valence-electron chi connectivity index (χ4n) is 0.927. The molecule has 116 valence electrons. The van der Waals surface area contributed by atoms with Gasteiger partial charge >= 0.3 is 11.4 Å². The molecule has 0 radical (unpaired) electrons. The molecule has 0 spiro atoms. The summed E-state index contributed by atoms with van der Waals surface area (Å²) in [4.78, 5) is 0. The molecule has 0 saturated heterocycles. The summed E-state index contributed by atoms with van der Waals surface area (Å²) >= 11 is 0. The Balaban J connectivity index is 0.000000396. The fraction of sp³-hybridized carbons (Fsp3) is 0.545. The molecule has 0 bridgehead atoms. The molecule has 0 unspecified atom stereocenters. The van der Waals surface area contributed by atoms with E-state index in [1.54, 1.807) is 0 Å². The van der Waals surface area contributed by atoms with Gasteiger partial charge in [0.25, 0.3) is 0 Å². The van der Waals surface area contributed by atoms with Crippen molar-refractivity contribution in [2.45, 2.75) is 31.9 Å². The third-order valence-electron chi connectivity index (χ3n) is 1.70. The number of ether oxygens (including phenoxy) is 1. The topological polar surface area (TPSA) is 70.3 Å². The molecule has 0 aliphatic carbocycles. The summed E-state index contributed by atoms with van der Waals surface area (Å²) in [5.74, 6) is 0.894. The zero-order valence-corrected chi connectivity index (χ0v) is 12.2. The molecule has 5 nitrogen and oxygen atoms in total. The minimum absolute atomic E-state index is 0.126. The van der Waals surface area contributed by atoms with Crippen molar-refractivity contribution in [2.75, 3.05) is 0 Å². The van der Waals surface area contributed by atoms with Gasteiger partial charge in [-0.15, -0.1) is 0 Å². The van der Waals surface area contributed by atoms with Gasteiger partial charge in [-0.2, -0.15) is 17.7 Å². The van der Waals surface area contributed by atoms with E-state index in [1.165, 1.54) is 0 Å². The van der Waals surface area contributed by atoms with E-state index in [1.807, 2.05) is 56.8 Å². The highest BCUT2D eigenvalue weighted by Crippen LogP contribution is 2.20. The highest BCUT2D eigenvalue weighted by atomic mass is 32.2. The van der Waals surface area contributed by atoms with Gasteiger partial charge in [0, 0.05) is 6.07 Å². The van der Waals surface area contributed by atoms with Crippen LogP contribution >= 0.6 is 0 Å². The van der Waals surface area contributed by atoms with E-state index in [9.17, 15) is 13.2 Å². The molecule has 0 saturated carbocycles. The highest BCUT2D eigenvalue weighted by molar-refractivity contribution is 7.86. The molecule has 0 N–H and O–H groups in total. The van der Waals surface area contributed by atoms with E-state index < -0.39 is 15.6 Å². The van der Waals surface area contributed by atoms with E-state index in [2.05, 4.69) is 0 Å². The van der Waals surface area contributed by atoms with E-state index in [-0.39, 0.29) is 5.60 Å². The average molecular weight is 315 g/mol. The van der Waals surface area contributed by atoms with Crippen molar-refractivity contribution in [3.63, 3.8) is 0 Å². The Morgan fingerprint density at radius 3 is 1.95 bits per heavy atom. The lowest BCUT2D eigenvalue weighted by Gasteiger charge is -2.18. The maximum atomic E-state index is 10.7. The molecule has 0 aromatic carbocycles. The third kappa shape index (κ3) is 7.29. The second-order valence-corrected chi connectivity index (χ2v) is 6.14. The lowest BCUT2D eigenvalue weighted by atomic mass is 10.2. The summed E-state index contributed by atoms with van der Waals surface area (Å²) in [6, 6.07) is 5.92. The summed E-state index contributed by atoms with van der Waals surface area (Å²) in [6.07, 6.45) is 1.97. The number of rotatable bonds is 1. The van der Waals surface area contributed by atoms with E-state index in [0.717, 1.165) is 5.88 Å². The second kappa shape index (κ2) is 6.40. The monoisotopic (exact) mass is 315 g/mol. The predicted molar refractivity (Wildman–Crippen MR) is 63.8 cm³/mol. The zero-order valence-electron chi connectivity index (χ0n) is 11.4. The van der Waals surface area contributed by atoms with Gasteiger partial charge in [0.2, 0.25) is 0 Å². The largest absolute Gasteiger partial charge is 0.741 e. The number of nitrogens with zero attached hydrogens (tertiary/aromatic N) is 1. The zero-order chi connectivity index (χ0) is 16.2. The van der Waals surface area contributed by atoms with Crippen LogP contribution in [0.3, 0.4) is 0 Å². The van der Waals surface area contributed by atoms with Gasteiger partial charge < -0.3 is 9.29 Å². The molecule has 20 heavy (non-hydrogen) atoms. The Bertz CT molecular complexity index is 535. The SMILES string of the molecule is C[n+]1ccccc1OC(C)(C)C.O=S(=O)([O-])C(F)(F)F. The van der Waals surface area contributed by atoms with Crippen LogP contribution < -0.4 is 9.30 Å². The number of halogens is 3. The smallest absolute Gasteiger partial charge is 0.485 e. The number of hydrogen-bond donors (Lipinski definition) is 0. The van der Waals surface area contributed by atoms with Crippen molar-refractivity contribution in [1.29, 1.82) is 0 Å². The molecule has 0 atom stereocenters. The van der Waals surface area contributed by atoms with E-state index >= 15 is 0 Å². The number of aryl methyl sites for hydroxylation is 1. The first kappa shape index (κ1) is 18.7. The highest BCUT2D eigenvalue weighted by Gasteiger charge is 2.36. The molecule has 9 heteroatoms. The summed E-state index contributed by atoms with van der Waals surface area (Å²) in [6.45, 7) is 6.12. The Morgan fingerprint density at radius 1 is 1.20 bits per heavy atom. The first-order valence-corrected chi connectivity index (χ1v) is 6.81. The van der Waals surface area contributed by atoms with Crippen molar-refractivity contribution in [2.24, 2.45) is 7.05 Å². The minimum Gasteiger partial charge on any atom is -0.741 e. The number of pyridine rings is 1. The van der Waals surface area contributed by atoms with Crippen LogP contribution in [0, 0.1) is 0 Å². The van der Waals surface area contributed by atoms with Gasteiger partial charge in [0.05, 0.1) is 6.07 Å². The minimum atomic E-state index is -6.09. The van der Waals surface area contributed by atoms with Crippen molar-refractivity contribution in [3.8, 4) is 5.88 Å². The molecule has 0 fully saturated rings. The number of aromatic nitrogens is 1. The lowest BCUT2D eigenvalue weighted by Crippen LogP contribution is -2.35. The molecule has 0 aliphatic heterocycles. The molecular weight excluding hydrogens is 299 g/mol. The van der Waals surface area contributed by atoms with Gasteiger partial charge in [0.15, 0.2) is 16.3 Å². The van der Waals surface area contributed by atoms with Crippen LogP contribution in [0.4, 0.5) is 13.2 Å². The van der Waals surface area contributed by atoms with Crippen LogP contribution in [0.2, 0.25) is 0 Å². The molecule has 1 rings (SSSR count). The van der Waals surface area contributed by atoms with Crippen LogP contribution in [-0.2, 0) is 17.2 Å². The Labute approximate surface area is 115 Å². The van der Waals surface area contributed by atoms with Gasteiger partial charge in [-0.3, -0.25) is 0 Å². The average Bonchev–Trinajstić information content (AvgIpc) is 2.17. The molecule has 1 aromatic rings. The Hall–Kier alpha value is -1.35. The van der Waals surface area contributed by atoms with Gasteiger partial charge in [0.1, 0.15) is 12.6 Å². The molecule has 0 amide bonds. The van der Waals surface area contributed by atoms with Gasteiger partial charge in [-0.05, 0) is 26.8 Å². The quantitative estimate of drug-likeness (QED) is 0.450. The lowest BCUT2D eigenvalue weighted by molar-refractivity contribution is -0.678. The maximum absolute atomic E-state index is 10.7. The molecule has 0 aliphatic rings. The van der Waals surface area contributed by atoms with Crippen molar-refractivity contribution < 1.29 is 35.4 Å². The molecule has 1 aromatic heterocycles. The Morgan fingerprint density at radius 2 is 1.65 bits per heavy atom. The first-order valence-electron chi connectivity index (χ1n) is 5.40. The van der Waals surface area contributed by atoms with Crippen LogP contribution in [0.25, 0.3) is 0 Å². The maximum Gasteiger partial charge on any atom is 0.485 e. The van der Waals surface area contributed by atoms with E-state index in [4.69, 9.17) is 17.7 Å². The van der Waals surface area contributed by atoms with Crippen molar-refractivity contribution >= 4 is 10.1 Å². The van der Waals surface area contributed by atoms with Crippen LogP contribution in [-0.4, -0.2) is 24.1 Å².